The van der Waals surface area contributed by atoms with E-state index in [0.29, 0.717) is 18.5 Å². The Hall–Kier alpha value is -2.95. The summed E-state index contributed by atoms with van der Waals surface area (Å²) in [4.78, 5) is 19.3. The molecular weight excluding hydrogens is 317 g/mol. The number of rotatable bonds is 7. The van der Waals surface area contributed by atoms with E-state index in [1.54, 1.807) is 30.7 Å². The van der Waals surface area contributed by atoms with Gasteiger partial charge in [0.25, 0.3) is 0 Å². The maximum Gasteiger partial charge on any atom is 0.220 e. The van der Waals surface area contributed by atoms with Crippen LogP contribution in [0.1, 0.15) is 29.2 Å². The van der Waals surface area contributed by atoms with E-state index in [4.69, 9.17) is 0 Å². The molecule has 0 fully saturated rings. The largest absolute Gasteiger partial charge is 0.356 e. The zero-order chi connectivity index (χ0) is 17.5. The molecule has 0 bridgehead atoms. The van der Waals surface area contributed by atoms with Crippen molar-refractivity contribution in [3.8, 4) is 0 Å². The van der Waals surface area contributed by atoms with Gasteiger partial charge in [0.15, 0.2) is 0 Å². The van der Waals surface area contributed by atoms with E-state index in [1.807, 2.05) is 30.3 Å². The Kier molecular flexibility index (Phi) is 5.57. The van der Waals surface area contributed by atoms with Gasteiger partial charge in [0.05, 0.1) is 6.33 Å². The fourth-order valence-corrected chi connectivity index (χ4v) is 2.87. The van der Waals surface area contributed by atoms with Gasteiger partial charge in [-0.15, -0.1) is 0 Å². The Morgan fingerprint density at radius 2 is 1.88 bits per heavy atom. The van der Waals surface area contributed by atoms with Crippen LogP contribution < -0.4 is 5.32 Å². The number of H-pyrrole nitrogens is 1. The summed E-state index contributed by atoms with van der Waals surface area (Å²) in [5.41, 5.74) is 2.43. The van der Waals surface area contributed by atoms with E-state index in [1.165, 1.54) is 6.07 Å². The Morgan fingerprint density at radius 3 is 2.60 bits per heavy atom. The molecule has 0 saturated heterocycles. The molecule has 128 valence electrons. The Balaban J connectivity index is 1.69. The van der Waals surface area contributed by atoms with Gasteiger partial charge < -0.3 is 10.3 Å². The van der Waals surface area contributed by atoms with Crippen molar-refractivity contribution >= 4 is 5.91 Å². The lowest BCUT2D eigenvalue weighted by Gasteiger charge is -2.18. The summed E-state index contributed by atoms with van der Waals surface area (Å²) in [6.45, 7) is 0.514. The van der Waals surface area contributed by atoms with Gasteiger partial charge in [0.2, 0.25) is 5.91 Å². The zero-order valence-corrected chi connectivity index (χ0v) is 13.8. The number of hydrogen-bond donors (Lipinski definition) is 2. The minimum atomic E-state index is -0.311. The van der Waals surface area contributed by atoms with Crippen LogP contribution in [0.25, 0.3) is 0 Å². The molecule has 25 heavy (non-hydrogen) atoms. The van der Waals surface area contributed by atoms with Crippen LogP contribution in [0.2, 0.25) is 0 Å². The van der Waals surface area contributed by atoms with Crippen LogP contribution in [-0.4, -0.2) is 22.4 Å². The first kappa shape index (κ1) is 16.9. The van der Waals surface area contributed by atoms with E-state index in [2.05, 4.69) is 15.3 Å². The molecule has 0 saturated carbocycles. The van der Waals surface area contributed by atoms with Crippen LogP contribution in [0.5, 0.6) is 0 Å². The zero-order valence-electron chi connectivity index (χ0n) is 13.8. The van der Waals surface area contributed by atoms with Crippen LogP contribution in [0.4, 0.5) is 4.39 Å². The first-order valence-corrected chi connectivity index (χ1v) is 8.27. The van der Waals surface area contributed by atoms with Crippen molar-refractivity contribution in [1.29, 1.82) is 0 Å². The highest BCUT2D eigenvalue weighted by Gasteiger charge is 2.20. The SMILES string of the molecule is O=C(CC(c1ccccc1)c1ccccc1F)NCCc1cnc[nH]1. The van der Waals surface area contributed by atoms with Crippen molar-refractivity contribution in [3.63, 3.8) is 0 Å². The average molecular weight is 337 g/mol. The number of aromatic amines is 1. The van der Waals surface area contributed by atoms with Gasteiger partial charge in [0.1, 0.15) is 5.82 Å². The molecular formula is C20H20FN3O. The van der Waals surface area contributed by atoms with Crippen LogP contribution >= 0.6 is 0 Å². The summed E-state index contributed by atoms with van der Waals surface area (Å²) in [6.07, 6.45) is 4.23. The third-order valence-electron chi connectivity index (χ3n) is 4.14. The predicted octanol–water partition coefficient (Wildman–Crippen LogP) is 3.43. The van der Waals surface area contributed by atoms with Crippen LogP contribution in [0.15, 0.2) is 67.1 Å². The molecule has 1 heterocycles. The van der Waals surface area contributed by atoms with Crippen LogP contribution in [-0.2, 0) is 11.2 Å². The smallest absolute Gasteiger partial charge is 0.220 e. The van der Waals surface area contributed by atoms with E-state index in [-0.39, 0.29) is 24.1 Å². The summed E-state index contributed by atoms with van der Waals surface area (Å²) in [5, 5.41) is 2.90. The quantitative estimate of drug-likeness (QED) is 0.694. The number of nitrogens with zero attached hydrogens (tertiary/aromatic N) is 1. The van der Waals surface area contributed by atoms with Crippen molar-refractivity contribution in [2.24, 2.45) is 0 Å². The predicted molar refractivity (Wildman–Crippen MR) is 94.6 cm³/mol. The third kappa shape index (κ3) is 4.53. The molecule has 0 spiro atoms. The Labute approximate surface area is 146 Å². The second-order valence-corrected chi connectivity index (χ2v) is 5.87. The lowest BCUT2D eigenvalue weighted by Crippen LogP contribution is -2.27. The second kappa shape index (κ2) is 8.24. The van der Waals surface area contributed by atoms with Gasteiger partial charge in [-0.05, 0) is 17.2 Å². The van der Waals surface area contributed by atoms with Crippen molar-refractivity contribution < 1.29 is 9.18 Å². The number of halogens is 1. The second-order valence-electron chi connectivity index (χ2n) is 5.87. The maximum atomic E-state index is 14.3. The molecule has 5 heteroatoms. The lowest BCUT2D eigenvalue weighted by atomic mass is 9.88. The molecule has 0 aliphatic heterocycles. The van der Waals surface area contributed by atoms with Crippen molar-refractivity contribution in [2.75, 3.05) is 6.54 Å². The standard InChI is InChI=1S/C20H20FN3O/c21-19-9-5-4-8-17(19)18(15-6-2-1-3-7-15)12-20(25)23-11-10-16-13-22-14-24-16/h1-9,13-14,18H,10-12H2,(H,22,24)(H,23,25). The van der Waals surface area contributed by atoms with Gasteiger partial charge in [-0.2, -0.15) is 0 Å². The lowest BCUT2D eigenvalue weighted by molar-refractivity contribution is -0.121. The number of carbonyl (C=O) groups excluding carboxylic acids is 1. The summed E-state index contributed by atoms with van der Waals surface area (Å²) >= 11 is 0. The minimum Gasteiger partial charge on any atom is -0.356 e. The fourth-order valence-electron chi connectivity index (χ4n) is 2.87. The third-order valence-corrected chi connectivity index (χ3v) is 4.14. The average Bonchev–Trinajstić information content (AvgIpc) is 3.15. The van der Waals surface area contributed by atoms with E-state index in [0.717, 1.165) is 11.3 Å². The number of hydrogen-bond acceptors (Lipinski definition) is 2. The number of amides is 1. The highest BCUT2D eigenvalue weighted by molar-refractivity contribution is 5.77. The van der Waals surface area contributed by atoms with Gasteiger partial charge in [-0.3, -0.25) is 4.79 Å². The molecule has 4 nitrogen and oxygen atoms in total. The highest BCUT2D eigenvalue weighted by Crippen LogP contribution is 2.29. The summed E-state index contributed by atoms with van der Waals surface area (Å²) in [6, 6.07) is 16.2. The van der Waals surface area contributed by atoms with Crippen LogP contribution in [0, 0.1) is 5.82 Å². The van der Waals surface area contributed by atoms with E-state index in [9.17, 15) is 9.18 Å². The minimum absolute atomic E-state index is 0.100. The highest BCUT2D eigenvalue weighted by atomic mass is 19.1. The normalized spacial score (nSPS) is 11.9. The molecule has 1 amide bonds. The van der Waals surface area contributed by atoms with Crippen molar-refractivity contribution in [2.45, 2.75) is 18.8 Å². The van der Waals surface area contributed by atoms with Crippen LogP contribution in [0.3, 0.4) is 0 Å². The summed E-state index contributed by atoms with van der Waals surface area (Å²) in [5.74, 6) is -0.701. The molecule has 2 N–H and O–H groups in total. The summed E-state index contributed by atoms with van der Waals surface area (Å²) < 4.78 is 14.3. The van der Waals surface area contributed by atoms with Gasteiger partial charge in [0, 0.05) is 37.2 Å². The molecule has 0 radical (unpaired) electrons. The molecule has 3 aromatic rings. The molecule has 1 unspecified atom stereocenters. The molecule has 3 rings (SSSR count). The van der Waals surface area contributed by atoms with Gasteiger partial charge in [-0.1, -0.05) is 48.5 Å². The van der Waals surface area contributed by atoms with Crippen molar-refractivity contribution in [3.05, 3.63) is 89.8 Å². The molecule has 0 aliphatic carbocycles. The molecule has 0 aliphatic rings. The van der Waals surface area contributed by atoms with E-state index < -0.39 is 0 Å². The first-order valence-electron chi connectivity index (χ1n) is 8.27. The fraction of sp³-hybridized carbons (Fsp3) is 0.200. The first-order chi connectivity index (χ1) is 12.2. The van der Waals surface area contributed by atoms with Crippen molar-refractivity contribution in [1.82, 2.24) is 15.3 Å². The maximum absolute atomic E-state index is 14.3. The molecule has 1 aromatic heterocycles. The summed E-state index contributed by atoms with van der Waals surface area (Å²) in [7, 11) is 0. The number of aromatic nitrogens is 2. The Bertz CT molecular complexity index is 803. The number of nitrogens with one attached hydrogen (secondary N) is 2. The van der Waals surface area contributed by atoms with Gasteiger partial charge >= 0.3 is 0 Å². The van der Waals surface area contributed by atoms with Gasteiger partial charge in [-0.25, -0.2) is 9.37 Å². The topological polar surface area (TPSA) is 57.8 Å². The molecule has 2 aromatic carbocycles. The molecule has 1 atom stereocenters. The van der Waals surface area contributed by atoms with E-state index >= 15 is 0 Å². The number of carbonyl (C=O) groups is 1. The monoisotopic (exact) mass is 337 g/mol. The number of benzene rings is 2. The Morgan fingerprint density at radius 1 is 1.12 bits per heavy atom. The number of imidazole rings is 1.